The summed E-state index contributed by atoms with van der Waals surface area (Å²) < 4.78 is 24.6. The van der Waals surface area contributed by atoms with Crippen LogP contribution in [0.4, 0.5) is 8.78 Å². The van der Waals surface area contributed by atoms with Gasteiger partial charge in [-0.15, -0.1) is 0 Å². The summed E-state index contributed by atoms with van der Waals surface area (Å²) in [5, 5.41) is 10.6. The van der Waals surface area contributed by atoms with E-state index in [9.17, 15) is 8.78 Å². The van der Waals surface area contributed by atoms with Crippen molar-refractivity contribution in [1.82, 2.24) is 0 Å². The van der Waals surface area contributed by atoms with Crippen LogP contribution in [0.2, 0.25) is 0 Å². The number of benzene rings is 1. The first-order valence-corrected chi connectivity index (χ1v) is 2.78. The van der Waals surface area contributed by atoms with Crippen LogP contribution in [0, 0.1) is 17.7 Å². The fourth-order valence-electron chi connectivity index (χ4n) is 0.600. The third kappa shape index (κ3) is 1.73. The van der Waals surface area contributed by atoms with Crippen molar-refractivity contribution in [3.63, 3.8) is 0 Å². The van der Waals surface area contributed by atoms with Crippen LogP contribution in [0.1, 0.15) is 5.56 Å². The number of halogens is 2. The molecule has 0 heterocycles. The van der Waals surface area contributed by atoms with Gasteiger partial charge < -0.3 is 5.21 Å². The maximum Gasteiger partial charge on any atom is 0.159 e. The molecule has 2 nitrogen and oxygen atoms in total. The Morgan fingerprint density at radius 3 is 2.73 bits per heavy atom. The predicted molar refractivity (Wildman–Crippen MR) is 34.6 cm³/mol. The minimum absolute atomic E-state index is 0.186. The average molecular weight is 156 g/mol. The van der Waals surface area contributed by atoms with Gasteiger partial charge in [-0.25, -0.2) is 8.78 Å². The highest BCUT2D eigenvalue weighted by molar-refractivity contribution is 5.78. The normalized spacial score (nSPS) is 10.7. The lowest BCUT2D eigenvalue weighted by molar-refractivity contribution is 0.322. The highest BCUT2D eigenvalue weighted by Crippen LogP contribution is 2.05. The van der Waals surface area contributed by atoms with Gasteiger partial charge in [0, 0.05) is 5.56 Å². The van der Waals surface area contributed by atoms with E-state index in [1.54, 1.807) is 0 Å². The maximum absolute atomic E-state index is 12.4. The van der Waals surface area contributed by atoms with Crippen LogP contribution in [0.15, 0.2) is 17.3 Å². The van der Waals surface area contributed by atoms with E-state index >= 15 is 0 Å². The second kappa shape index (κ2) is 3.09. The molecule has 1 aromatic rings. The van der Waals surface area contributed by atoms with E-state index in [4.69, 9.17) is 5.21 Å². The Morgan fingerprint density at radius 1 is 1.45 bits per heavy atom. The largest absolute Gasteiger partial charge is 0.411 e. The van der Waals surface area contributed by atoms with Gasteiger partial charge in [-0.1, -0.05) is 5.16 Å². The zero-order chi connectivity index (χ0) is 8.27. The van der Waals surface area contributed by atoms with E-state index in [1.165, 1.54) is 0 Å². The van der Waals surface area contributed by atoms with Gasteiger partial charge in [0.1, 0.15) is 0 Å². The minimum atomic E-state index is -0.987. The molecule has 0 fully saturated rings. The number of oxime groups is 1. The quantitative estimate of drug-likeness (QED) is 0.373. The molecular formula is C7H4F2NO. The van der Waals surface area contributed by atoms with Crippen molar-refractivity contribution in [3.05, 3.63) is 35.4 Å². The van der Waals surface area contributed by atoms with Crippen LogP contribution < -0.4 is 0 Å². The van der Waals surface area contributed by atoms with Crippen molar-refractivity contribution in [2.75, 3.05) is 0 Å². The Morgan fingerprint density at radius 2 is 2.18 bits per heavy atom. The van der Waals surface area contributed by atoms with Gasteiger partial charge in [0.05, 0.1) is 6.21 Å². The highest BCUT2D eigenvalue weighted by atomic mass is 19.2. The molecule has 0 atom stereocenters. The van der Waals surface area contributed by atoms with Crippen molar-refractivity contribution in [3.8, 4) is 0 Å². The molecule has 0 saturated heterocycles. The summed E-state index contributed by atoms with van der Waals surface area (Å²) in [4.78, 5) is 0. The van der Waals surface area contributed by atoms with E-state index in [-0.39, 0.29) is 5.56 Å². The zero-order valence-corrected chi connectivity index (χ0v) is 5.38. The first kappa shape index (κ1) is 7.65. The highest BCUT2D eigenvalue weighted by Gasteiger charge is 2.00. The van der Waals surface area contributed by atoms with Gasteiger partial charge >= 0.3 is 0 Å². The Hall–Kier alpha value is -1.45. The lowest BCUT2D eigenvalue weighted by Crippen LogP contribution is -1.87. The molecule has 0 amide bonds. The summed E-state index contributed by atoms with van der Waals surface area (Å²) in [5.41, 5.74) is 0.186. The first-order chi connectivity index (χ1) is 5.24. The van der Waals surface area contributed by atoms with Gasteiger partial charge in [0.2, 0.25) is 0 Å². The molecule has 0 saturated carbocycles. The topological polar surface area (TPSA) is 32.6 Å². The molecule has 1 N–H and O–H groups in total. The Labute approximate surface area is 61.8 Å². The Bertz CT molecular complexity index is 286. The predicted octanol–water partition coefficient (Wildman–Crippen LogP) is 1.57. The summed E-state index contributed by atoms with van der Waals surface area (Å²) in [7, 11) is 0. The zero-order valence-electron chi connectivity index (χ0n) is 5.38. The van der Waals surface area contributed by atoms with Crippen LogP contribution >= 0.6 is 0 Å². The van der Waals surface area contributed by atoms with Crippen molar-refractivity contribution < 1.29 is 14.0 Å². The summed E-state index contributed by atoms with van der Waals surface area (Å²) in [6.07, 6.45) is 0.961. The van der Waals surface area contributed by atoms with E-state index in [1.807, 2.05) is 0 Å². The molecule has 11 heavy (non-hydrogen) atoms. The van der Waals surface area contributed by atoms with E-state index in [0.29, 0.717) is 0 Å². The maximum atomic E-state index is 12.4. The molecule has 4 heteroatoms. The van der Waals surface area contributed by atoms with E-state index in [2.05, 4.69) is 11.2 Å². The van der Waals surface area contributed by atoms with Gasteiger partial charge in [0.15, 0.2) is 11.6 Å². The van der Waals surface area contributed by atoms with Crippen molar-refractivity contribution in [1.29, 1.82) is 0 Å². The third-order valence-electron chi connectivity index (χ3n) is 1.07. The molecular weight excluding hydrogens is 152 g/mol. The van der Waals surface area contributed by atoms with Gasteiger partial charge in [-0.2, -0.15) is 0 Å². The molecule has 0 spiro atoms. The molecule has 1 aromatic carbocycles. The smallest absolute Gasteiger partial charge is 0.159 e. The number of nitrogens with zero attached hydrogens (tertiary/aromatic N) is 1. The van der Waals surface area contributed by atoms with Crippen LogP contribution in [0.25, 0.3) is 0 Å². The van der Waals surface area contributed by atoms with Crippen LogP contribution in [-0.4, -0.2) is 11.4 Å². The van der Waals surface area contributed by atoms with Gasteiger partial charge in [-0.3, -0.25) is 0 Å². The van der Waals surface area contributed by atoms with Gasteiger partial charge in [-0.05, 0) is 18.2 Å². The number of hydrogen-bond acceptors (Lipinski definition) is 2. The van der Waals surface area contributed by atoms with Crippen molar-refractivity contribution in [2.45, 2.75) is 0 Å². The first-order valence-electron chi connectivity index (χ1n) is 2.78. The summed E-state index contributed by atoms with van der Waals surface area (Å²) in [6, 6.07) is 4.08. The molecule has 0 aromatic heterocycles. The average Bonchev–Trinajstić information content (AvgIpc) is 1.98. The second-order valence-electron chi connectivity index (χ2n) is 1.83. The molecule has 1 radical (unpaired) electrons. The van der Waals surface area contributed by atoms with Crippen LogP contribution in [0.3, 0.4) is 0 Å². The number of rotatable bonds is 1. The van der Waals surface area contributed by atoms with Gasteiger partial charge in [0.25, 0.3) is 0 Å². The van der Waals surface area contributed by atoms with Crippen molar-refractivity contribution in [2.24, 2.45) is 5.16 Å². The van der Waals surface area contributed by atoms with Crippen molar-refractivity contribution >= 4 is 6.21 Å². The molecule has 0 bridgehead atoms. The Balaban J connectivity index is 3.05. The summed E-state index contributed by atoms with van der Waals surface area (Å²) >= 11 is 0. The molecule has 0 aliphatic carbocycles. The Kier molecular flexibility index (Phi) is 2.15. The summed E-state index contributed by atoms with van der Waals surface area (Å²) in [5.74, 6) is -1.96. The van der Waals surface area contributed by atoms with E-state index in [0.717, 1.165) is 18.3 Å². The lowest BCUT2D eigenvalue weighted by atomic mass is 10.2. The van der Waals surface area contributed by atoms with E-state index < -0.39 is 11.6 Å². The fourth-order valence-corrected chi connectivity index (χ4v) is 0.600. The lowest BCUT2D eigenvalue weighted by Gasteiger charge is -1.91. The molecule has 0 aliphatic heterocycles. The summed E-state index contributed by atoms with van der Waals surface area (Å²) in [6.45, 7) is 0. The molecule has 1 rings (SSSR count). The fraction of sp³-hybridized carbons (Fsp3) is 0. The molecule has 57 valence electrons. The monoisotopic (exact) mass is 156 g/mol. The minimum Gasteiger partial charge on any atom is -0.411 e. The molecule has 0 unspecified atom stereocenters. The molecule has 0 aliphatic rings. The van der Waals surface area contributed by atoms with Crippen LogP contribution in [-0.2, 0) is 0 Å². The third-order valence-corrected chi connectivity index (χ3v) is 1.07. The number of hydrogen-bond donors (Lipinski definition) is 1. The SMILES string of the molecule is O/N=C\c1[c]cc(F)c(F)c1. The second-order valence-corrected chi connectivity index (χ2v) is 1.83. The van der Waals surface area contributed by atoms with Crippen LogP contribution in [0.5, 0.6) is 0 Å². The standard InChI is InChI=1S/C7H4F2NO/c8-6-2-1-5(4-10-11)3-7(6)9/h2-4,11H/b10-4-.